The molecule has 14 heteroatoms. The fourth-order valence-electron chi connectivity index (χ4n) is 5.08. The molecule has 5 aromatic rings. The monoisotopic (exact) mass is 584 g/mol. The van der Waals surface area contributed by atoms with Gasteiger partial charge in [-0.05, 0) is 55.4 Å². The van der Waals surface area contributed by atoms with Crippen LogP contribution in [0.2, 0.25) is 5.15 Å². The molecule has 5 heterocycles. The Morgan fingerprint density at radius 2 is 2.07 bits per heavy atom. The van der Waals surface area contributed by atoms with Crippen LogP contribution in [0.25, 0.3) is 28.1 Å². The van der Waals surface area contributed by atoms with Gasteiger partial charge in [0.1, 0.15) is 17.2 Å². The molecule has 1 unspecified atom stereocenters. The third-order valence-corrected chi connectivity index (χ3v) is 7.24. The highest BCUT2D eigenvalue weighted by molar-refractivity contribution is 6.29. The zero-order valence-corrected chi connectivity index (χ0v) is 22.9. The van der Waals surface area contributed by atoms with Crippen LogP contribution in [-0.2, 0) is 6.98 Å². The van der Waals surface area contributed by atoms with Crippen molar-refractivity contribution in [1.82, 2.24) is 48.9 Å². The summed E-state index contributed by atoms with van der Waals surface area (Å²) in [5.41, 5.74) is -0.596. The van der Waals surface area contributed by atoms with E-state index in [1.165, 1.54) is 15.3 Å². The molecule has 1 aliphatic rings. The molecule has 1 fully saturated rings. The van der Waals surface area contributed by atoms with Crippen LogP contribution in [0.3, 0.4) is 0 Å². The second-order valence-corrected chi connectivity index (χ2v) is 10.4. The fourth-order valence-corrected chi connectivity index (χ4v) is 5.23. The number of nitrogens with zero attached hydrogens (tertiary/aromatic N) is 10. The maximum absolute atomic E-state index is 14.0. The summed E-state index contributed by atoms with van der Waals surface area (Å²) in [5.74, 6) is -1.41. The summed E-state index contributed by atoms with van der Waals surface area (Å²) >= 11 is 6.26. The maximum atomic E-state index is 14.0. The van der Waals surface area contributed by atoms with E-state index in [2.05, 4.69) is 35.6 Å². The quantitative estimate of drug-likeness (QED) is 0.299. The van der Waals surface area contributed by atoms with Gasteiger partial charge in [0.05, 0.1) is 28.7 Å². The molecule has 1 atom stereocenters. The second kappa shape index (κ2) is 9.93. The Balaban J connectivity index is 1.53. The molecule has 0 aliphatic carbocycles. The van der Waals surface area contributed by atoms with Gasteiger partial charge in [0.2, 0.25) is 5.82 Å². The Bertz CT molecular complexity index is 2190. The number of pyridine rings is 1. The summed E-state index contributed by atoms with van der Waals surface area (Å²) in [6, 6.07) is 5.83. The molecule has 0 bridgehead atoms. The van der Waals surface area contributed by atoms with E-state index in [-0.39, 0.29) is 32.8 Å². The molecule has 0 radical (unpaired) electrons. The van der Waals surface area contributed by atoms with Gasteiger partial charge >= 0.3 is 0 Å². The molecule has 6 rings (SSSR count). The summed E-state index contributed by atoms with van der Waals surface area (Å²) in [6.45, 7) is -5.13. The van der Waals surface area contributed by atoms with Gasteiger partial charge in [-0.25, -0.2) is 9.97 Å². The molecule has 212 valence electrons. The number of tetrazole rings is 1. The lowest BCUT2D eigenvalue weighted by molar-refractivity contribution is 0.0824. The Morgan fingerprint density at radius 3 is 2.80 bits per heavy atom. The van der Waals surface area contributed by atoms with E-state index in [0.717, 1.165) is 19.4 Å². The predicted molar refractivity (Wildman–Crippen MR) is 155 cm³/mol. The van der Waals surface area contributed by atoms with Crippen LogP contribution in [0.15, 0.2) is 35.4 Å². The average Bonchev–Trinajstić information content (AvgIpc) is 3.62. The number of benzene rings is 1. The molecule has 4 aromatic heterocycles. The van der Waals surface area contributed by atoms with Crippen molar-refractivity contribution in [2.24, 2.45) is 6.98 Å². The highest BCUT2D eigenvalue weighted by Crippen LogP contribution is 2.32. The number of halogens is 1. The van der Waals surface area contributed by atoms with E-state index in [1.54, 1.807) is 32.0 Å². The van der Waals surface area contributed by atoms with Gasteiger partial charge in [0.15, 0.2) is 11.3 Å². The Kier molecular flexibility index (Phi) is 4.39. The van der Waals surface area contributed by atoms with Crippen molar-refractivity contribution in [3.8, 4) is 11.5 Å². The minimum Gasteiger partial charge on any atom is -0.377 e. The number of anilines is 1. The number of aryl methyl sites for hydroxylation is 2. The lowest BCUT2D eigenvalue weighted by Gasteiger charge is -2.34. The van der Waals surface area contributed by atoms with Crippen molar-refractivity contribution in [2.45, 2.75) is 25.9 Å². The number of carbonyl (C=O) groups excluding carboxylic acids is 1. The summed E-state index contributed by atoms with van der Waals surface area (Å²) in [4.78, 5) is 39.4. The topological polar surface area (TPSA) is 131 Å². The molecule has 41 heavy (non-hydrogen) atoms. The highest BCUT2D eigenvalue weighted by atomic mass is 35.5. The van der Waals surface area contributed by atoms with Crippen molar-refractivity contribution < 1.29 is 17.1 Å². The molecular weight excluding hydrogens is 546 g/mol. The zero-order chi connectivity index (χ0) is 36.7. The largest absolute Gasteiger partial charge is 0.377 e. The van der Waals surface area contributed by atoms with Crippen molar-refractivity contribution >= 4 is 39.7 Å². The van der Waals surface area contributed by atoms with Gasteiger partial charge in [0, 0.05) is 46.4 Å². The minimum absolute atomic E-state index is 0.0503. The number of hydrogen-bond donors (Lipinski definition) is 1. The number of amides is 1. The summed E-state index contributed by atoms with van der Waals surface area (Å²) in [7, 11) is 1.98. The van der Waals surface area contributed by atoms with E-state index < -0.39 is 49.8 Å². The number of aromatic nitrogens is 8. The number of likely N-dealkylation sites (N-methyl/N-ethyl adjacent to an activating group) is 1. The molecule has 13 nitrogen and oxygen atoms in total. The number of hydrogen-bond acceptors (Lipinski definition) is 9. The van der Waals surface area contributed by atoms with Gasteiger partial charge < -0.3 is 15.1 Å². The minimum atomic E-state index is -3.46. The first-order chi connectivity index (χ1) is 23.2. The van der Waals surface area contributed by atoms with E-state index in [4.69, 9.17) is 23.9 Å². The number of carbonyl (C=O) groups is 1. The zero-order valence-electron chi connectivity index (χ0n) is 31.1. The van der Waals surface area contributed by atoms with Crippen molar-refractivity contribution in [3.05, 3.63) is 62.9 Å². The SMILES string of the molecule is [2H]C([2H])([2H])N(C(=O)c1ncn2c3c(C(C)Nc4ccc(Cl)nc4-c4nnn(C5CN(C)C5)n4)cc(C)cc3c(=O)n(C([2H])([2H])[2H])c12)C([2H])([2H])[2H]. The van der Waals surface area contributed by atoms with E-state index >= 15 is 0 Å². The normalized spacial score (nSPS) is 19.1. The molecule has 1 N–H and O–H groups in total. The van der Waals surface area contributed by atoms with Crippen LogP contribution >= 0.6 is 11.6 Å². The lowest BCUT2D eigenvalue weighted by Crippen LogP contribution is -2.45. The van der Waals surface area contributed by atoms with Gasteiger partial charge in [-0.2, -0.15) is 4.80 Å². The number of imidazole rings is 1. The number of nitrogens with one attached hydrogen (secondary N) is 1. The van der Waals surface area contributed by atoms with Crippen LogP contribution in [-0.4, -0.2) is 88.9 Å². The molecule has 1 aliphatic heterocycles. The number of rotatable bonds is 6. The van der Waals surface area contributed by atoms with E-state index in [9.17, 15) is 9.59 Å². The third kappa shape index (κ3) is 4.50. The summed E-state index contributed by atoms with van der Waals surface area (Å²) in [6.07, 6.45) is 1.05. The predicted octanol–water partition coefficient (Wildman–Crippen LogP) is 2.56. The standard InChI is InChI=1S/C27H30ClN11O2/c1-14-9-17(23-18(10-14)26(40)37(6)25-22(27(41)35(3)4)29-13-38(23)25)15(2)30-19-7-8-20(28)31-21(19)24-32-34-39(33-24)16-11-36(5)12-16/h7-10,13,15-16,30H,11-12H2,1-6H3/i3D3,4D3,6D3. The first-order valence-electron chi connectivity index (χ1n) is 17.0. The number of fused-ring (bicyclic) bond motifs is 3. The van der Waals surface area contributed by atoms with Crippen LogP contribution < -0.4 is 10.9 Å². The van der Waals surface area contributed by atoms with E-state index in [1.807, 2.05) is 7.05 Å². The molecule has 1 amide bonds. The van der Waals surface area contributed by atoms with Crippen LogP contribution in [0.1, 0.15) is 53.0 Å². The summed E-state index contributed by atoms with van der Waals surface area (Å²) < 4.78 is 72.3. The maximum Gasteiger partial charge on any atom is 0.275 e. The Labute approximate surface area is 253 Å². The van der Waals surface area contributed by atoms with Crippen LogP contribution in [0, 0.1) is 6.92 Å². The average molecular weight is 585 g/mol. The lowest BCUT2D eigenvalue weighted by atomic mass is 10.0. The van der Waals surface area contributed by atoms with Crippen LogP contribution in [0.4, 0.5) is 5.69 Å². The van der Waals surface area contributed by atoms with Crippen LogP contribution in [0.5, 0.6) is 0 Å². The fraction of sp³-hybridized carbons (Fsp3) is 0.370. The van der Waals surface area contributed by atoms with Gasteiger partial charge in [-0.3, -0.25) is 18.6 Å². The third-order valence-electron chi connectivity index (χ3n) is 7.03. The van der Waals surface area contributed by atoms with E-state index in [0.29, 0.717) is 27.1 Å². The molecule has 0 spiro atoms. The molecule has 0 saturated carbocycles. The Hall–Kier alpha value is -4.36. The smallest absolute Gasteiger partial charge is 0.275 e. The Morgan fingerprint density at radius 1 is 1.27 bits per heavy atom. The molecular formula is C27H30ClN11O2. The van der Waals surface area contributed by atoms with Gasteiger partial charge in [-0.1, -0.05) is 17.7 Å². The first kappa shape index (κ1) is 18.1. The molecule has 1 aromatic carbocycles. The van der Waals surface area contributed by atoms with Gasteiger partial charge in [-0.15, -0.1) is 10.2 Å². The van der Waals surface area contributed by atoms with Crippen molar-refractivity contribution in [3.63, 3.8) is 0 Å². The molecule has 1 saturated heterocycles. The van der Waals surface area contributed by atoms with Gasteiger partial charge in [0.25, 0.3) is 11.5 Å². The number of likely N-dealkylation sites (tertiary alicyclic amines) is 1. The highest BCUT2D eigenvalue weighted by Gasteiger charge is 2.28. The second-order valence-electron chi connectivity index (χ2n) is 10.0. The first-order valence-corrected chi connectivity index (χ1v) is 12.9. The van der Waals surface area contributed by atoms with Crippen molar-refractivity contribution in [1.29, 1.82) is 0 Å². The van der Waals surface area contributed by atoms with Crippen molar-refractivity contribution in [2.75, 3.05) is 39.4 Å². The summed E-state index contributed by atoms with van der Waals surface area (Å²) in [5, 5.41) is 16.3.